The Labute approximate surface area is 700 Å². The van der Waals surface area contributed by atoms with Gasteiger partial charge in [0.15, 0.2) is 11.5 Å². The number of likely N-dealkylation sites (tertiary alicyclic amines) is 2. The molecule has 15 unspecified atom stereocenters. The molecule has 4 aliphatic heterocycles. The molecule has 6 aromatic rings. The second kappa shape index (κ2) is 37.7. The zero-order valence-corrected chi connectivity index (χ0v) is 70.2. The van der Waals surface area contributed by atoms with Gasteiger partial charge in [-0.05, 0) is 141 Å². The highest BCUT2D eigenvalue weighted by Gasteiger charge is 2.59. The summed E-state index contributed by atoms with van der Waals surface area (Å²) in [6.45, 7) is 1.86. The Hall–Kier alpha value is -10.4. The molecule has 8 amide bonds. The lowest BCUT2D eigenvalue weighted by Gasteiger charge is -2.49. The molecule has 7 heterocycles. The van der Waals surface area contributed by atoms with Gasteiger partial charge in [0.05, 0.1) is 23.0 Å². The summed E-state index contributed by atoms with van der Waals surface area (Å²) in [5.41, 5.74) is 2.53. The molecule has 30 nitrogen and oxygen atoms in total. The molecule has 3 aromatic heterocycles. The third-order valence-corrected chi connectivity index (χ3v) is 26.3. The van der Waals surface area contributed by atoms with Gasteiger partial charge in [0, 0.05) is 150 Å². The second-order valence-corrected chi connectivity index (χ2v) is 34.6. The van der Waals surface area contributed by atoms with E-state index in [1.165, 1.54) is 45.0 Å². The van der Waals surface area contributed by atoms with Crippen LogP contribution in [0.2, 0.25) is 0 Å². The lowest BCUT2D eigenvalue weighted by molar-refractivity contribution is -0.151. The molecular weight excluding hydrogens is 1600 g/mol. The number of likely N-dealkylation sites (N-methyl/N-ethyl adjacent to an activating group) is 4. The summed E-state index contributed by atoms with van der Waals surface area (Å²) in [5.74, 6) is -0.990. The van der Waals surface area contributed by atoms with Crippen molar-refractivity contribution in [1.82, 2.24) is 49.4 Å². The molecular formula is C84H99Cl2N11O19S2. The molecule has 3 aromatic carbocycles. The van der Waals surface area contributed by atoms with Crippen LogP contribution >= 0.6 is 34.5 Å². The van der Waals surface area contributed by atoms with Crippen molar-refractivity contribution in [3.8, 4) is 11.5 Å². The number of carbonyl (C=O) groups excluding carboxylic acids is 8. The van der Waals surface area contributed by atoms with Gasteiger partial charge >= 0.3 is 30.3 Å². The smallest absolute Gasteiger partial charge is 0.409 e. The predicted molar refractivity (Wildman–Crippen MR) is 442 cm³/mol. The van der Waals surface area contributed by atoms with Crippen molar-refractivity contribution < 1.29 is 89.7 Å². The Morgan fingerprint density at radius 3 is 1.51 bits per heavy atom. The molecule has 3 saturated heterocycles. The molecule has 3 N–H and O–H groups in total. The topological polar surface area (TPSA) is 326 Å². The van der Waals surface area contributed by atoms with Crippen molar-refractivity contribution in [2.24, 2.45) is 47.3 Å². The minimum atomic E-state index is -1.80. The number of nitrogens with one attached hydrogen (secondary N) is 2. The highest BCUT2D eigenvalue weighted by Crippen LogP contribution is 2.52. The number of thiophene rings is 1. The summed E-state index contributed by atoms with van der Waals surface area (Å²) >= 11 is 14.5. The van der Waals surface area contributed by atoms with Gasteiger partial charge in [-0.25, -0.2) is 24.0 Å². The number of furan rings is 2. The van der Waals surface area contributed by atoms with Crippen molar-refractivity contribution in [2.75, 3.05) is 146 Å². The Morgan fingerprint density at radius 2 is 1.07 bits per heavy atom. The van der Waals surface area contributed by atoms with E-state index in [0.717, 1.165) is 31.8 Å². The number of anilines is 1. The number of aliphatic carboxylic acids is 1. The molecule has 5 fully saturated rings. The molecule has 4 aliphatic carbocycles. The average molecular weight is 1700 g/mol. The van der Waals surface area contributed by atoms with Crippen LogP contribution in [0, 0.1) is 47.3 Å². The van der Waals surface area contributed by atoms with Gasteiger partial charge in [0.25, 0.3) is 17.7 Å². The first kappa shape index (κ1) is 85.5. The number of nitrogens with zero attached hydrogens (tertiary/aromatic N) is 9. The number of β-lactam (4-membered cyclic amide) rings is 1. The molecule has 2 saturated carbocycles. The van der Waals surface area contributed by atoms with Gasteiger partial charge in [-0.1, -0.05) is 66.8 Å². The van der Waals surface area contributed by atoms with E-state index >= 15 is 0 Å². The summed E-state index contributed by atoms with van der Waals surface area (Å²) in [7, 11) is 14.0. The Kier molecular flexibility index (Phi) is 27.3. The van der Waals surface area contributed by atoms with E-state index in [0.29, 0.717) is 73.8 Å². The molecule has 0 radical (unpaired) electrons. The van der Waals surface area contributed by atoms with Crippen LogP contribution in [-0.4, -0.2) is 283 Å². The van der Waals surface area contributed by atoms with Crippen LogP contribution in [0.4, 0.5) is 24.9 Å². The third kappa shape index (κ3) is 19.0. The number of amides is 8. The molecule has 15 atom stereocenters. The average Bonchev–Trinajstić information content (AvgIpc) is 1.59. The predicted octanol–water partition coefficient (Wildman–Crippen LogP) is 10.1. The van der Waals surface area contributed by atoms with Crippen LogP contribution in [0.1, 0.15) is 44.4 Å². The summed E-state index contributed by atoms with van der Waals surface area (Å²) in [4.78, 5) is 134. The molecule has 34 heteroatoms. The number of benzene rings is 3. The fourth-order valence-electron chi connectivity index (χ4n) is 17.0. The van der Waals surface area contributed by atoms with Gasteiger partial charge < -0.3 is 82.4 Å². The number of hydrogen-bond donors (Lipinski definition) is 3. The maximum atomic E-state index is 14.2. The minimum absolute atomic E-state index is 0.00521. The largest absolute Gasteiger partial charge is 0.478 e. The van der Waals surface area contributed by atoms with Gasteiger partial charge in [-0.2, -0.15) is 0 Å². The number of halogens is 2. The number of ether oxygens (including phenoxy) is 6. The van der Waals surface area contributed by atoms with Crippen LogP contribution in [0.25, 0.3) is 21.9 Å². The zero-order chi connectivity index (χ0) is 83.9. The Balaban J connectivity index is 0.000000211. The van der Waals surface area contributed by atoms with Crippen molar-refractivity contribution >= 4 is 127 Å². The highest BCUT2D eigenvalue weighted by atomic mass is 35.5. The van der Waals surface area contributed by atoms with Crippen LogP contribution in [0.5, 0.6) is 11.5 Å². The first-order chi connectivity index (χ1) is 56.7. The summed E-state index contributed by atoms with van der Waals surface area (Å²) in [6.07, 6.45) is 13.6. The van der Waals surface area contributed by atoms with Crippen molar-refractivity contribution in [2.45, 2.75) is 61.6 Å². The van der Waals surface area contributed by atoms with Gasteiger partial charge in [-0.15, -0.1) is 34.5 Å². The van der Waals surface area contributed by atoms with Crippen LogP contribution in [-0.2, 0) is 57.2 Å². The van der Waals surface area contributed by atoms with Crippen molar-refractivity contribution in [1.29, 1.82) is 0 Å². The van der Waals surface area contributed by atoms with E-state index in [1.807, 2.05) is 134 Å². The molecule has 0 bridgehead atoms. The SMILES string of the molecule is CN(C)COc1ccc2oc(C(=O)N3CC(CCl)C4C5C=CC=CC5C(OC(=O)N(C)CCN(C)C(=O)OCC5=C(C(=O)O)N6C(=O)C(NC(=O)Cc7cccs7)C6S(=O)C5)CC43)cc2c1.CNc1ccc(COC(=O)N(C)CCN(C)C(=O)OC2CC3C(C(CCl)CN3C(=O)c3cc4cc(OCN(C)C)ccc4o3)C3C=CC=CC23)cc1. The number of alkyl halides is 2. The number of rotatable bonds is 27. The fourth-order valence-corrected chi connectivity index (χ4v) is 19.9. The van der Waals surface area contributed by atoms with E-state index in [4.69, 9.17) is 60.5 Å². The standard InChI is InChI=1S/C45H51ClN6O12S2.C39H48ClN5O7/c1-48(2)24-62-28-11-12-33-25(16-28)17-35(63-33)40(54)51-21-26(20-46)37-31-10-6-5-9-30(31)34(19-32(37)51)64-45(59)50(4)14-13-49(3)44(58)61-22-27-23-66(60)42-38(41(55)52(42)39(27)43(56)57)47-36(53)18-29-8-7-15-65-29;1-41-28-12-10-25(11-13-28)23-49-38(47)43(4)16-17-44(5)39(48)52-34-20-32-36(31-9-7-6-8-30(31)34)27(21-40)22-45(32)37(46)35-19-26-18-29(50-24-42(2)3)14-15-33(26)51-35/h5-12,15-17,26,30-32,34,37-38,42H,13-14,18-24H2,1-4H3,(H,47,53)(H,56,57);6-15,18-19,27,30-32,34,36,41H,16-17,20-24H2,1-5H3. The monoisotopic (exact) mass is 1700 g/mol. The number of carboxylic acids is 1. The van der Waals surface area contributed by atoms with E-state index in [2.05, 4.69) is 28.9 Å². The summed E-state index contributed by atoms with van der Waals surface area (Å²) in [5, 5.41) is 17.9. The van der Waals surface area contributed by atoms with Gasteiger partial charge in [0.2, 0.25) is 5.91 Å². The molecule has 0 spiro atoms. The highest BCUT2D eigenvalue weighted by molar-refractivity contribution is 7.86. The first-order valence-electron chi connectivity index (χ1n) is 39.1. The number of carboxylic acid groups (broad SMARTS) is 1. The zero-order valence-electron chi connectivity index (χ0n) is 67.1. The van der Waals surface area contributed by atoms with Gasteiger partial charge in [-0.3, -0.25) is 38.1 Å². The van der Waals surface area contributed by atoms with Crippen LogP contribution in [0.15, 0.2) is 159 Å². The lowest BCUT2D eigenvalue weighted by atomic mass is 9.64. The van der Waals surface area contributed by atoms with Crippen LogP contribution in [0.3, 0.4) is 0 Å². The maximum Gasteiger partial charge on any atom is 0.409 e. The van der Waals surface area contributed by atoms with Crippen molar-refractivity contribution in [3.63, 3.8) is 0 Å². The van der Waals surface area contributed by atoms with E-state index < -0.39 is 88.9 Å². The quantitative estimate of drug-likeness (QED) is 0.0187. The molecule has 14 rings (SSSR count). The molecule has 630 valence electrons. The van der Waals surface area contributed by atoms with E-state index in [-0.39, 0.29) is 133 Å². The number of allylic oxidation sites excluding steroid dienone is 6. The van der Waals surface area contributed by atoms with E-state index in [1.54, 1.807) is 55.4 Å². The van der Waals surface area contributed by atoms with E-state index in [9.17, 15) is 52.5 Å². The summed E-state index contributed by atoms with van der Waals surface area (Å²) < 4.78 is 60.3. The number of hydrogen-bond acceptors (Lipinski definition) is 22. The van der Waals surface area contributed by atoms with Crippen LogP contribution < -0.4 is 20.1 Å². The Bertz CT molecular complexity index is 4900. The van der Waals surface area contributed by atoms with Gasteiger partial charge in [0.1, 0.15) is 78.7 Å². The maximum absolute atomic E-state index is 14.2. The number of carbonyl (C=O) groups is 9. The Morgan fingerprint density at radius 1 is 0.602 bits per heavy atom. The third-order valence-electron chi connectivity index (χ3n) is 23.0. The minimum Gasteiger partial charge on any atom is -0.478 e. The summed E-state index contributed by atoms with van der Waals surface area (Å²) in [6, 6.07) is 23.9. The number of fused-ring (bicyclic) bond motifs is 9. The lowest BCUT2D eigenvalue weighted by Crippen LogP contribution is -2.73. The first-order valence-corrected chi connectivity index (χ1v) is 42.4. The normalized spacial score (nSPS) is 25.0. The molecule has 118 heavy (non-hydrogen) atoms. The fraction of sp³-hybridized carbons (Fsp3) is 0.464. The van der Waals surface area contributed by atoms with Crippen molar-refractivity contribution in [3.05, 3.63) is 172 Å². The molecule has 8 aliphatic rings. The second-order valence-electron chi connectivity index (χ2n) is 31.4.